The highest BCUT2D eigenvalue weighted by Crippen LogP contribution is 2.17. The first-order chi connectivity index (χ1) is 7.56. The van der Waals surface area contributed by atoms with Crippen molar-refractivity contribution in [2.24, 2.45) is 0 Å². The number of aliphatic hydroxyl groups is 2. The van der Waals surface area contributed by atoms with Crippen molar-refractivity contribution < 1.29 is 10.2 Å². The monoisotopic (exact) mass is 289 g/mol. The summed E-state index contributed by atoms with van der Waals surface area (Å²) >= 11 is 3.30. The lowest BCUT2D eigenvalue weighted by Crippen LogP contribution is -2.28. The average Bonchev–Trinajstić information content (AvgIpc) is 2.25. The number of halogens is 1. The van der Waals surface area contributed by atoms with Crippen LogP contribution in [0.5, 0.6) is 0 Å². The largest absolute Gasteiger partial charge is 0.394 e. The number of anilines is 1. The Kier molecular flexibility index (Phi) is 5.11. The average molecular weight is 290 g/mol. The van der Waals surface area contributed by atoms with E-state index in [-0.39, 0.29) is 19.1 Å². The molecule has 1 aromatic rings. The van der Waals surface area contributed by atoms with Gasteiger partial charge in [0.05, 0.1) is 19.3 Å². The van der Waals surface area contributed by atoms with Crippen LogP contribution in [-0.4, -0.2) is 39.4 Å². The van der Waals surface area contributed by atoms with Crippen molar-refractivity contribution in [1.29, 1.82) is 0 Å². The van der Waals surface area contributed by atoms with Crippen LogP contribution in [0.4, 0.5) is 5.82 Å². The number of rotatable bonds is 5. The summed E-state index contributed by atoms with van der Waals surface area (Å²) in [6.45, 7) is 3.71. The topological polar surface area (TPSA) is 78.3 Å². The second kappa shape index (κ2) is 6.12. The van der Waals surface area contributed by atoms with Crippen LogP contribution in [0.1, 0.15) is 25.6 Å². The first kappa shape index (κ1) is 13.3. The summed E-state index contributed by atoms with van der Waals surface area (Å²) in [5.41, 5.74) is 0. The van der Waals surface area contributed by atoms with Crippen molar-refractivity contribution in [3.63, 3.8) is 0 Å². The van der Waals surface area contributed by atoms with Gasteiger partial charge in [-0.3, -0.25) is 0 Å². The Hall–Kier alpha value is -0.720. The molecule has 0 saturated heterocycles. The van der Waals surface area contributed by atoms with Gasteiger partial charge in [0.15, 0.2) is 0 Å². The molecule has 1 aromatic heterocycles. The lowest BCUT2D eigenvalue weighted by Gasteiger charge is -2.15. The minimum absolute atomic E-state index is 0.144. The minimum atomic E-state index is -0.401. The summed E-state index contributed by atoms with van der Waals surface area (Å²) in [7, 11) is 0. The SMILES string of the molecule is CC(C)c1nc(Br)cc(NC(CO)CO)n1. The van der Waals surface area contributed by atoms with Gasteiger partial charge in [0.1, 0.15) is 16.2 Å². The predicted molar refractivity (Wildman–Crippen MR) is 65.4 cm³/mol. The van der Waals surface area contributed by atoms with Crippen LogP contribution < -0.4 is 5.32 Å². The van der Waals surface area contributed by atoms with E-state index in [1.165, 1.54) is 0 Å². The molecule has 5 nitrogen and oxygen atoms in total. The molecule has 6 heteroatoms. The van der Waals surface area contributed by atoms with Crippen LogP contribution in [0.25, 0.3) is 0 Å². The number of aromatic nitrogens is 2. The first-order valence-corrected chi connectivity index (χ1v) is 5.88. The number of aliphatic hydroxyl groups excluding tert-OH is 2. The van der Waals surface area contributed by atoms with E-state index in [1.807, 2.05) is 13.8 Å². The maximum atomic E-state index is 8.96. The molecule has 0 atom stereocenters. The lowest BCUT2D eigenvalue weighted by atomic mass is 10.2. The molecule has 0 spiro atoms. The van der Waals surface area contributed by atoms with Gasteiger partial charge in [-0.25, -0.2) is 9.97 Å². The van der Waals surface area contributed by atoms with Crippen molar-refractivity contribution in [3.05, 3.63) is 16.5 Å². The molecule has 16 heavy (non-hydrogen) atoms. The highest BCUT2D eigenvalue weighted by Gasteiger charge is 2.10. The Morgan fingerprint density at radius 2 is 1.94 bits per heavy atom. The fourth-order valence-electron chi connectivity index (χ4n) is 1.13. The Morgan fingerprint density at radius 1 is 1.31 bits per heavy atom. The third kappa shape index (κ3) is 3.70. The molecule has 0 aromatic carbocycles. The molecule has 0 aliphatic rings. The second-order valence-electron chi connectivity index (χ2n) is 3.80. The van der Waals surface area contributed by atoms with Gasteiger partial charge in [0.25, 0.3) is 0 Å². The maximum Gasteiger partial charge on any atom is 0.134 e. The van der Waals surface area contributed by atoms with Crippen LogP contribution in [0, 0.1) is 0 Å². The Balaban J connectivity index is 2.87. The van der Waals surface area contributed by atoms with E-state index >= 15 is 0 Å². The van der Waals surface area contributed by atoms with E-state index in [1.54, 1.807) is 6.07 Å². The van der Waals surface area contributed by atoms with Crippen molar-refractivity contribution in [2.45, 2.75) is 25.8 Å². The fraction of sp³-hybridized carbons (Fsp3) is 0.600. The molecule has 0 amide bonds. The Morgan fingerprint density at radius 3 is 2.44 bits per heavy atom. The summed E-state index contributed by atoms with van der Waals surface area (Å²) in [4.78, 5) is 8.53. The van der Waals surface area contributed by atoms with Crippen molar-refractivity contribution in [2.75, 3.05) is 18.5 Å². The number of hydrogen-bond acceptors (Lipinski definition) is 5. The zero-order chi connectivity index (χ0) is 12.1. The molecule has 90 valence electrons. The van der Waals surface area contributed by atoms with E-state index in [4.69, 9.17) is 10.2 Å². The summed E-state index contributed by atoms with van der Waals surface area (Å²) in [5, 5.41) is 20.8. The van der Waals surface area contributed by atoms with E-state index < -0.39 is 6.04 Å². The highest BCUT2D eigenvalue weighted by molar-refractivity contribution is 9.10. The Bertz CT molecular complexity index is 343. The van der Waals surface area contributed by atoms with Crippen LogP contribution >= 0.6 is 15.9 Å². The van der Waals surface area contributed by atoms with Gasteiger partial charge in [0.2, 0.25) is 0 Å². The smallest absolute Gasteiger partial charge is 0.134 e. The Labute approximate surface area is 103 Å². The molecule has 0 saturated carbocycles. The van der Waals surface area contributed by atoms with Crippen LogP contribution in [0.3, 0.4) is 0 Å². The second-order valence-corrected chi connectivity index (χ2v) is 4.61. The van der Waals surface area contributed by atoms with Gasteiger partial charge >= 0.3 is 0 Å². The maximum absolute atomic E-state index is 8.96. The van der Waals surface area contributed by atoms with E-state index in [2.05, 4.69) is 31.2 Å². The molecule has 3 N–H and O–H groups in total. The fourth-order valence-corrected chi connectivity index (χ4v) is 1.52. The van der Waals surface area contributed by atoms with Crippen LogP contribution in [-0.2, 0) is 0 Å². The first-order valence-electron chi connectivity index (χ1n) is 5.09. The summed E-state index contributed by atoms with van der Waals surface area (Å²) in [6.07, 6.45) is 0. The van der Waals surface area contributed by atoms with Gasteiger partial charge in [0, 0.05) is 12.0 Å². The van der Waals surface area contributed by atoms with Gasteiger partial charge in [-0.2, -0.15) is 0 Å². The summed E-state index contributed by atoms with van der Waals surface area (Å²) in [6, 6.07) is 1.31. The van der Waals surface area contributed by atoms with Gasteiger partial charge in [-0.05, 0) is 15.9 Å². The normalized spacial score (nSPS) is 11.2. The highest BCUT2D eigenvalue weighted by atomic mass is 79.9. The molecule has 0 bridgehead atoms. The van der Waals surface area contributed by atoms with Crippen LogP contribution in [0.2, 0.25) is 0 Å². The molecule has 0 unspecified atom stereocenters. The van der Waals surface area contributed by atoms with E-state index in [9.17, 15) is 0 Å². The van der Waals surface area contributed by atoms with Gasteiger partial charge in [-0.15, -0.1) is 0 Å². The van der Waals surface area contributed by atoms with Gasteiger partial charge in [-0.1, -0.05) is 13.8 Å². The molecule has 0 aliphatic heterocycles. The third-order valence-electron chi connectivity index (χ3n) is 2.02. The molecule has 0 fully saturated rings. The molecular formula is C10H16BrN3O2. The standard InChI is InChI=1S/C10H16BrN3O2/c1-6(2)10-13-8(11)3-9(14-10)12-7(4-15)5-16/h3,6-7,15-16H,4-5H2,1-2H3,(H,12,13,14). The number of nitrogens with zero attached hydrogens (tertiary/aromatic N) is 2. The quantitative estimate of drug-likeness (QED) is 0.708. The zero-order valence-corrected chi connectivity index (χ0v) is 10.9. The predicted octanol–water partition coefficient (Wildman–Crippen LogP) is 1.13. The summed E-state index contributed by atoms with van der Waals surface area (Å²) < 4.78 is 0.684. The van der Waals surface area contributed by atoms with E-state index in [0.717, 1.165) is 0 Å². The molecule has 0 radical (unpaired) electrons. The summed E-state index contributed by atoms with van der Waals surface area (Å²) in [5.74, 6) is 1.53. The molecule has 1 rings (SSSR count). The van der Waals surface area contributed by atoms with Crippen LogP contribution in [0.15, 0.2) is 10.7 Å². The molecule has 1 heterocycles. The van der Waals surface area contributed by atoms with Gasteiger partial charge < -0.3 is 15.5 Å². The van der Waals surface area contributed by atoms with Crippen molar-refractivity contribution in [3.8, 4) is 0 Å². The minimum Gasteiger partial charge on any atom is -0.394 e. The van der Waals surface area contributed by atoms with Crippen molar-refractivity contribution in [1.82, 2.24) is 9.97 Å². The van der Waals surface area contributed by atoms with E-state index in [0.29, 0.717) is 16.2 Å². The number of nitrogens with one attached hydrogen (secondary N) is 1. The zero-order valence-electron chi connectivity index (χ0n) is 9.31. The molecular weight excluding hydrogens is 274 g/mol. The molecule has 0 aliphatic carbocycles. The van der Waals surface area contributed by atoms with Crippen molar-refractivity contribution >= 4 is 21.7 Å². The third-order valence-corrected chi connectivity index (χ3v) is 2.43. The number of hydrogen-bond donors (Lipinski definition) is 3. The lowest BCUT2D eigenvalue weighted by molar-refractivity contribution is 0.203.